The number of hydrogen-bond donors (Lipinski definition) is 1. The second-order valence-corrected chi connectivity index (χ2v) is 8.49. The molecule has 0 aliphatic rings. The Labute approximate surface area is 188 Å². The molecule has 0 fully saturated rings. The Morgan fingerprint density at radius 3 is 2.41 bits per heavy atom. The van der Waals surface area contributed by atoms with E-state index in [1.54, 1.807) is 0 Å². The second kappa shape index (κ2) is 9.27. The molecule has 164 valence electrons. The molecule has 0 atom stereocenters. The van der Waals surface area contributed by atoms with Crippen LogP contribution in [0.25, 0.3) is 22.0 Å². The van der Waals surface area contributed by atoms with Gasteiger partial charge in [-0.1, -0.05) is 36.4 Å². The van der Waals surface area contributed by atoms with Crippen molar-refractivity contribution in [1.29, 1.82) is 0 Å². The highest BCUT2D eigenvalue weighted by Crippen LogP contribution is 2.30. The number of benzene rings is 3. The van der Waals surface area contributed by atoms with Crippen LogP contribution in [-0.4, -0.2) is 35.0 Å². The largest absolute Gasteiger partial charge is 0.481 e. The van der Waals surface area contributed by atoms with Crippen molar-refractivity contribution in [1.82, 2.24) is 9.78 Å². The first-order valence-electron chi connectivity index (χ1n) is 10.9. The van der Waals surface area contributed by atoms with E-state index in [2.05, 4.69) is 70.7 Å². The van der Waals surface area contributed by atoms with Gasteiger partial charge in [0.1, 0.15) is 0 Å². The summed E-state index contributed by atoms with van der Waals surface area (Å²) in [7, 11) is 6.04. The Morgan fingerprint density at radius 2 is 1.69 bits per heavy atom. The molecule has 0 saturated heterocycles. The number of aliphatic carboxylic acids is 1. The van der Waals surface area contributed by atoms with Gasteiger partial charge in [-0.15, -0.1) is 0 Å². The summed E-state index contributed by atoms with van der Waals surface area (Å²) in [5.41, 5.74) is 8.22. The molecule has 0 saturated carbocycles. The first kappa shape index (κ1) is 21.6. The van der Waals surface area contributed by atoms with Gasteiger partial charge < -0.3 is 10.0 Å². The molecule has 5 nitrogen and oxygen atoms in total. The molecule has 0 radical (unpaired) electrons. The minimum atomic E-state index is -0.770. The molecule has 3 aromatic carbocycles. The maximum Gasteiger partial charge on any atom is 0.303 e. The van der Waals surface area contributed by atoms with E-state index in [-0.39, 0.29) is 6.42 Å². The van der Waals surface area contributed by atoms with Crippen LogP contribution >= 0.6 is 0 Å². The van der Waals surface area contributed by atoms with E-state index in [0.717, 1.165) is 34.9 Å². The van der Waals surface area contributed by atoms with Gasteiger partial charge in [0.05, 0.1) is 11.7 Å². The molecular weight excluding hydrogens is 398 g/mol. The first-order chi connectivity index (χ1) is 15.4. The molecule has 1 aromatic heterocycles. The lowest BCUT2D eigenvalue weighted by molar-refractivity contribution is -0.136. The van der Waals surface area contributed by atoms with Crippen LogP contribution in [0.5, 0.6) is 0 Å². The van der Waals surface area contributed by atoms with Crippen molar-refractivity contribution in [2.75, 3.05) is 19.0 Å². The van der Waals surface area contributed by atoms with E-state index < -0.39 is 5.97 Å². The molecule has 0 amide bonds. The minimum absolute atomic E-state index is 0.138. The monoisotopic (exact) mass is 427 g/mol. The normalized spacial score (nSPS) is 11.1. The van der Waals surface area contributed by atoms with Crippen LogP contribution in [0.15, 0.2) is 66.9 Å². The summed E-state index contributed by atoms with van der Waals surface area (Å²) >= 11 is 0. The smallest absolute Gasteiger partial charge is 0.303 e. The van der Waals surface area contributed by atoms with Crippen molar-refractivity contribution in [3.8, 4) is 11.1 Å². The van der Waals surface area contributed by atoms with Gasteiger partial charge in [0.2, 0.25) is 0 Å². The highest BCUT2D eigenvalue weighted by Gasteiger charge is 2.11. The zero-order chi connectivity index (χ0) is 22.7. The van der Waals surface area contributed by atoms with Crippen LogP contribution < -0.4 is 4.90 Å². The topological polar surface area (TPSA) is 58.4 Å². The fraction of sp³-hybridized carbons (Fsp3) is 0.259. The number of nitrogens with zero attached hydrogens (tertiary/aromatic N) is 3. The average molecular weight is 428 g/mol. The van der Waals surface area contributed by atoms with Crippen molar-refractivity contribution in [2.45, 2.75) is 25.7 Å². The van der Waals surface area contributed by atoms with Crippen molar-refractivity contribution < 1.29 is 9.90 Å². The average Bonchev–Trinajstić information content (AvgIpc) is 3.16. The third kappa shape index (κ3) is 4.83. The lowest BCUT2D eigenvalue weighted by Gasteiger charge is -2.14. The molecule has 0 aliphatic carbocycles. The van der Waals surface area contributed by atoms with Crippen LogP contribution in [0.4, 0.5) is 5.69 Å². The van der Waals surface area contributed by atoms with Gasteiger partial charge in [0.15, 0.2) is 0 Å². The molecule has 0 aliphatic heterocycles. The third-order valence-electron chi connectivity index (χ3n) is 5.99. The van der Waals surface area contributed by atoms with Crippen molar-refractivity contribution in [2.24, 2.45) is 7.05 Å². The SMILES string of the molecule is CN(C)c1ccc(CCc2ccc(CCC(=O)O)cc2-c2ccc3c(cnn3C)c2)cc1. The first-order valence-corrected chi connectivity index (χ1v) is 10.9. The Hall–Kier alpha value is -3.60. The lowest BCUT2D eigenvalue weighted by Crippen LogP contribution is -2.08. The van der Waals surface area contributed by atoms with E-state index >= 15 is 0 Å². The van der Waals surface area contributed by atoms with Crippen molar-refractivity contribution in [3.63, 3.8) is 0 Å². The van der Waals surface area contributed by atoms with Gasteiger partial charge in [-0.05, 0) is 71.3 Å². The number of hydrogen-bond acceptors (Lipinski definition) is 3. The number of anilines is 1. The van der Waals surface area contributed by atoms with Crippen LogP contribution in [0.1, 0.15) is 23.1 Å². The Kier molecular flexibility index (Phi) is 6.26. The summed E-state index contributed by atoms with van der Waals surface area (Å²) in [6, 6.07) is 21.5. The van der Waals surface area contributed by atoms with E-state index in [9.17, 15) is 4.79 Å². The molecule has 0 spiro atoms. The number of carbonyl (C=O) groups is 1. The molecule has 0 unspecified atom stereocenters. The van der Waals surface area contributed by atoms with Crippen LogP contribution in [0.3, 0.4) is 0 Å². The lowest BCUT2D eigenvalue weighted by atomic mass is 9.92. The van der Waals surface area contributed by atoms with E-state index in [1.807, 2.05) is 32.0 Å². The number of aryl methyl sites for hydroxylation is 4. The van der Waals surface area contributed by atoms with Crippen LogP contribution in [0.2, 0.25) is 0 Å². The van der Waals surface area contributed by atoms with Gasteiger partial charge in [-0.2, -0.15) is 5.10 Å². The fourth-order valence-corrected chi connectivity index (χ4v) is 4.09. The van der Waals surface area contributed by atoms with Gasteiger partial charge in [-0.3, -0.25) is 9.48 Å². The van der Waals surface area contributed by atoms with Gasteiger partial charge in [0.25, 0.3) is 0 Å². The maximum absolute atomic E-state index is 11.1. The maximum atomic E-state index is 11.1. The summed E-state index contributed by atoms with van der Waals surface area (Å²) in [4.78, 5) is 13.2. The molecular formula is C27H29N3O2. The number of rotatable bonds is 8. The van der Waals surface area contributed by atoms with E-state index in [1.165, 1.54) is 22.4 Å². The van der Waals surface area contributed by atoms with Crippen molar-refractivity contribution in [3.05, 3.63) is 83.6 Å². The summed E-state index contributed by atoms with van der Waals surface area (Å²) in [5.74, 6) is -0.770. The molecule has 4 rings (SSSR count). The number of aromatic nitrogens is 2. The summed E-state index contributed by atoms with van der Waals surface area (Å²) in [6.07, 6.45) is 4.42. The standard InChI is InChI=1S/C27H29N3O2/c1-29(2)24-12-6-19(7-13-24)4-9-21-10-5-20(8-15-27(31)32)16-25(21)22-11-14-26-23(17-22)18-28-30(26)3/h5-7,10-14,16-18H,4,8-9,15H2,1-3H3,(H,31,32). The molecule has 32 heavy (non-hydrogen) atoms. The molecule has 1 heterocycles. The molecule has 1 N–H and O–H groups in total. The number of carboxylic acid groups (broad SMARTS) is 1. The van der Waals surface area contributed by atoms with E-state index in [4.69, 9.17) is 5.11 Å². The minimum Gasteiger partial charge on any atom is -0.481 e. The Balaban J connectivity index is 1.64. The Morgan fingerprint density at radius 1 is 0.938 bits per heavy atom. The van der Waals surface area contributed by atoms with E-state index in [0.29, 0.717) is 6.42 Å². The number of carboxylic acids is 1. The Bertz CT molecular complexity index is 1240. The summed E-state index contributed by atoms with van der Waals surface area (Å²) in [5, 5.41) is 14.6. The second-order valence-electron chi connectivity index (χ2n) is 8.49. The molecule has 4 aromatic rings. The zero-order valence-corrected chi connectivity index (χ0v) is 18.9. The van der Waals surface area contributed by atoms with Crippen molar-refractivity contribution >= 4 is 22.6 Å². The van der Waals surface area contributed by atoms with Gasteiger partial charge >= 0.3 is 5.97 Å². The quantitative estimate of drug-likeness (QED) is 0.425. The highest BCUT2D eigenvalue weighted by atomic mass is 16.4. The fourth-order valence-electron chi connectivity index (χ4n) is 4.09. The van der Waals surface area contributed by atoms with Gasteiger partial charge in [-0.25, -0.2) is 0 Å². The number of fused-ring (bicyclic) bond motifs is 1. The molecule has 0 bridgehead atoms. The van der Waals surface area contributed by atoms with Crippen LogP contribution in [-0.2, 0) is 31.1 Å². The zero-order valence-electron chi connectivity index (χ0n) is 18.9. The summed E-state index contributed by atoms with van der Waals surface area (Å²) < 4.78 is 1.88. The van der Waals surface area contributed by atoms with Gasteiger partial charge in [0, 0.05) is 38.6 Å². The third-order valence-corrected chi connectivity index (χ3v) is 5.99. The molecule has 5 heteroatoms. The predicted molar refractivity (Wildman–Crippen MR) is 130 cm³/mol. The highest BCUT2D eigenvalue weighted by molar-refractivity contribution is 5.85. The summed E-state index contributed by atoms with van der Waals surface area (Å²) in [6.45, 7) is 0. The van der Waals surface area contributed by atoms with Crippen LogP contribution in [0, 0.1) is 0 Å². The predicted octanol–water partition coefficient (Wildman–Crippen LogP) is 5.11.